The standard InChI is InChI=1S/C20H31N3O2.C2H4O/c1-4-23(14-15(2)21-3)20(25)8-7-19(24)18-6-5-16-9-11-22-12-10-17(16)13-18;1-2-3/h5-6,13,15,21-22H,4,7-12,14H2,1-3H3;2H,1H3. The number of rotatable bonds is 8. The fraction of sp³-hybridized carbons (Fsp3) is 0.591. The normalized spacial score (nSPS) is 14.0. The number of hydrogen-bond donors (Lipinski definition) is 2. The lowest BCUT2D eigenvalue weighted by atomic mass is 9.97. The van der Waals surface area contributed by atoms with Crippen LogP contribution in [-0.2, 0) is 22.4 Å². The van der Waals surface area contributed by atoms with Gasteiger partial charge in [0.1, 0.15) is 6.29 Å². The largest absolute Gasteiger partial charge is 0.341 e. The minimum atomic E-state index is 0.0527. The van der Waals surface area contributed by atoms with Gasteiger partial charge < -0.3 is 20.3 Å². The monoisotopic (exact) mass is 389 g/mol. The van der Waals surface area contributed by atoms with Crippen molar-refractivity contribution >= 4 is 18.0 Å². The fourth-order valence-corrected chi connectivity index (χ4v) is 3.20. The van der Waals surface area contributed by atoms with Gasteiger partial charge in [-0.15, -0.1) is 0 Å². The van der Waals surface area contributed by atoms with E-state index in [2.05, 4.69) is 16.7 Å². The molecule has 0 saturated heterocycles. The Morgan fingerprint density at radius 1 is 1.21 bits per heavy atom. The molecule has 1 aromatic rings. The van der Waals surface area contributed by atoms with Gasteiger partial charge in [0.05, 0.1) is 0 Å². The second kappa shape index (κ2) is 13.2. The van der Waals surface area contributed by atoms with Gasteiger partial charge in [-0.2, -0.15) is 0 Å². The van der Waals surface area contributed by atoms with Crippen LogP contribution in [0.15, 0.2) is 18.2 Å². The molecule has 0 aromatic heterocycles. The first-order valence-corrected chi connectivity index (χ1v) is 10.2. The van der Waals surface area contributed by atoms with Crippen LogP contribution in [0.3, 0.4) is 0 Å². The van der Waals surface area contributed by atoms with Crippen molar-refractivity contribution in [1.82, 2.24) is 15.5 Å². The average Bonchev–Trinajstić information content (AvgIpc) is 2.95. The Labute approximate surface area is 169 Å². The summed E-state index contributed by atoms with van der Waals surface area (Å²) in [6.07, 6.45) is 3.28. The predicted octanol–water partition coefficient (Wildman–Crippen LogP) is 2.00. The SMILES string of the molecule is CC=O.CCN(CC(C)NC)C(=O)CCC(=O)c1ccc2c(c1)CCNCC2. The van der Waals surface area contributed by atoms with E-state index in [0.717, 1.165) is 37.8 Å². The minimum absolute atomic E-state index is 0.0527. The zero-order chi connectivity index (χ0) is 20.9. The second-order valence-electron chi connectivity index (χ2n) is 7.01. The van der Waals surface area contributed by atoms with Gasteiger partial charge >= 0.3 is 0 Å². The predicted molar refractivity (Wildman–Crippen MR) is 113 cm³/mol. The number of ketones is 1. The third kappa shape index (κ3) is 7.90. The number of hydrogen-bond acceptors (Lipinski definition) is 5. The molecule has 1 unspecified atom stereocenters. The van der Waals surface area contributed by atoms with Crippen LogP contribution in [0.4, 0.5) is 0 Å². The molecule has 1 amide bonds. The maximum absolute atomic E-state index is 12.5. The average molecular weight is 390 g/mol. The Morgan fingerprint density at radius 3 is 2.46 bits per heavy atom. The van der Waals surface area contributed by atoms with Crippen LogP contribution in [0.1, 0.15) is 55.1 Å². The second-order valence-corrected chi connectivity index (χ2v) is 7.01. The maximum atomic E-state index is 12.5. The van der Waals surface area contributed by atoms with Crippen molar-refractivity contribution < 1.29 is 14.4 Å². The van der Waals surface area contributed by atoms with Crippen molar-refractivity contribution in [2.45, 2.75) is 52.5 Å². The van der Waals surface area contributed by atoms with Gasteiger partial charge in [-0.1, -0.05) is 12.1 Å². The number of fused-ring (bicyclic) bond motifs is 1. The van der Waals surface area contributed by atoms with E-state index in [-0.39, 0.29) is 30.6 Å². The molecule has 0 spiro atoms. The third-order valence-corrected chi connectivity index (χ3v) is 4.96. The lowest BCUT2D eigenvalue weighted by Gasteiger charge is -2.24. The fourth-order valence-electron chi connectivity index (χ4n) is 3.20. The Kier molecular flexibility index (Phi) is 11.3. The number of nitrogens with one attached hydrogen (secondary N) is 2. The molecule has 6 heteroatoms. The molecule has 156 valence electrons. The molecular weight excluding hydrogens is 354 g/mol. The van der Waals surface area contributed by atoms with Gasteiger partial charge in [-0.05, 0) is 70.9 Å². The highest BCUT2D eigenvalue weighted by molar-refractivity contribution is 5.98. The van der Waals surface area contributed by atoms with E-state index in [0.29, 0.717) is 13.1 Å². The number of nitrogens with zero attached hydrogens (tertiary/aromatic N) is 1. The molecule has 0 bridgehead atoms. The first-order chi connectivity index (χ1) is 13.5. The van der Waals surface area contributed by atoms with E-state index in [1.165, 1.54) is 18.1 Å². The summed E-state index contributed by atoms with van der Waals surface area (Å²) in [6, 6.07) is 6.26. The summed E-state index contributed by atoms with van der Waals surface area (Å²) in [5, 5.41) is 6.53. The highest BCUT2D eigenvalue weighted by Gasteiger charge is 2.17. The number of likely N-dealkylation sites (N-methyl/N-ethyl adjacent to an activating group) is 2. The molecule has 2 rings (SSSR count). The summed E-state index contributed by atoms with van der Waals surface area (Å²) in [5.41, 5.74) is 3.33. The molecule has 0 radical (unpaired) electrons. The molecule has 0 saturated carbocycles. The van der Waals surface area contributed by atoms with E-state index in [1.54, 1.807) is 0 Å². The van der Waals surface area contributed by atoms with Crippen LogP contribution in [0.5, 0.6) is 0 Å². The highest BCUT2D eigenvalue weighted by atomic mass is 16.2. The smallest absolute Gasteiger partial charge is 0.223 e. The Bertz CT molecular complexity index is 646. The highest BCUT2D eigenvalue weighted by Crippen LogP contribution is 2.17. The van der Waals surface area contributed by atoms with Crippen molar-refractivity contribution in [2.24, 2.45) is 0 Å². The molecule has 1 aliphatic heterocycles. The molecule has 0 aliphatic carbocycles. The first kappa shape index (κ1) is 24.0. The Balaban J connectivity index is 0.00000122. The molecule has 0 fully saturated rings. The van der Waals surface area contributed by atoms with Gasteiger partial charge in [-0.25, -0.2) is 0 Å². The van der Waals surface area contributed by atoms with Crippen LogP contribution in [-0.4, -0.2) is 62.1 Å². The van der Waals surface area contributed by atoms with Gasteiger partial charge in [0, 0.05) is 37.5 Å². The van der Waals surface area contributed by atoms with Crippen LogP contribution < -0.4 is 10.6 Å². The quantitative estimate of drug-likeness (QED) is 0.525. The first-order valence-electron chi connectivity index (χ1n) is 10.2. The Hall–Kier alpha value is -2.05. The van der Waals surface area contributed by atoms with Crippen LogP contribution >= 0.6 is 0 Å². The summed E-state index contributed by atoms with van der Waals surface area (Å²) in [4.78, 5) is 35.5. The molecule has 1 aliphatic rings. The molecule has 1 aromatic carbocycles. The van der Waals surface area contributed by atoms with Crippen LogP contribution in [0, 0.1) is 0 Å². The van der Waals surface area contributed by atoms with Gasteiger partial charge in [0.25, 0.3) is 0 Å². The molecule has 28 heavy (non-hydrogen) atoms. The van der Waals surface area contributed by atoms with Crippen LogP contribution in [0.2, 0.25) is 0 Å². The van der Waals surface area contributed by atoms with Crippen molar-refractivity contribution in [3.05, 3.63) is 34.9 Å². The zero-order valence-corrected chi connectivity index (χ0v) is 17.7. The topological polar surface area (TPSA) is 78.5 Å². The van der Waals surface area contributed by atoms with Crippen LogP contribution in [0.25, 0.3) is 0 Å². The summed E-state index contributed by atoms with van der Waals surface area (Å²) < 4.78 is 0. The van der Waals surface area contributed by atoms with E-state index in [1.807, 2.05) is 37.9 Å². The van der Waals surface area contributed by atoms with Crippen molar-refractivity contribution in [1.29, 1.82) is 0 Å². The van der Waals surface area contributed by atoms with Crippen molar-refractivity contribution in [2.75, 3.05) is 33.2 Å². The summed E-state index contributed by atoms with van der Waals surface area (Å²) in [6.45, 7) is 8.76. The number of aldehydes is 1. The van der Waals surface area contributed by atoms with Gasteiger partial charge in [-0.3, -0.25) is 9.59 Å². The lowest BCUT2D eigenvalue weighted by Crippen LogP contribution is -2.41. The molecule has 6 nitrogen and oxygen atoms in total. The number of carbonyl (C=O) groups is 3. The maximum Gasteiger partial charge on any atom is 0.223 e. The number of Topliss-reactive ketones (excluding diaryl/α,β-unsaturated/α-hetero) is 1. The van der Waals surface area contributed by atoms with Crippen molar-refractivity contribution in [3.8, 4) is 0 Å². The summed E-state index contributed by atoms with van der Waals surface area (Å²) >= 11 is 0. The third-order valence-electron chi connectivity index (χ3n) is 4.96. The molecule has 2 N–H and O–H groups in total. The Morgan fingerprint density at radius 2 is 1.86 bits per heavy atom. The van der Waals surface area contributed by atoms with E-state index in [4.69, 9.17) is 4.79 Å². The molecule has 1 heterocycles. The minimum Gasteiger partial charge on any atom is -0.341 e. The summed E-state index contributed by atoms with van der Waals surface area (Å²) in [5.74, 6) is 0.114. The van der Waals surface area contributed by atoms with E-state index < -0.39 is 0 Å². The van der Waals surface area contributed by atoms with E-state index >= 15 is 0 Å². The lowest BCUT2D eigenvalue weighted by molar-refractivity contribution is -0.131. The van der Waals surface area contributed by atoms with E-state index in [9.17, 15) is 9.59 Å². The molecule has 1 atom stereocenters. The van der Waals surface area contributed by atoms with Gasteiger partial charge in [0.2, 0.25) is 5.91 Å². The number of amides is 1. The number of benzene rings is 1. The zero-order valence-electron chi connectivity index (χ0n) is 17.7. The molecular formula is C22H35N3O3. The van der Waals surface area contributed by atoms with Gasteiger partial charge in [0.15, 0.2) is 5.78 Å². The summed E-state index contributed by atoms with van der Waals surface area (Å²) in [7, 11) is 1.89. The van der Waals surface area contributed by atoms with Crippen molar-refractivity contribution in [3.63, 3.8) is 0 Å². The number of carbonyl (C=O) groups excluding carboxylic acids is 3.